The molecule has 2 aromatic rings. The number of nitrogen functional groups attached to an aromatic ring is 1. The van der Waals surface area contributed by atoms with E-state index in [9.17, 15) is 9.18 Å². The number of anilines is 1. The highest BCUT2D eigenvalue weighted by atomic mass is 19.1. The first-order chi connectivity index (χ1) is 9.52. The van der Waals surface area contributed by atoms with Crippen molar-refractivity contribution in [3.63, 3.8) is 0 Å². The number of nitrogens with zero attached hydrogens (tertiary/aromatic N) is 2. The second kappa shape index (κ2) is 5.64. The van der Waals surface area contributed by atoms with Crippen LogP contribution in [0.2, 0.25) is 0 Å². The van der Waals surface area contributed by atoms with Gasteiger partial charge in [0.05, 0.1) is 6.61 Å². The van der Waals surface area contributed by atoms with Crippen LogP contribution in [0, 0.1) is 12.7 Å². The first-order valence-corrected chi connectivity index (χ1v) is 6.09. The molecule has 104 valence electrons. The summed E-state index contributed by atoms with van der Waals surface area (Å²) in [4.78, 5) is 19.7. The largest absolute Gasteiger partial charge is 0.462 e. The Morgan fingerprint density at radius 3 is 2.80 bits per heavy atom. The molecule has 0 spiro atoms. The molecule has 1 heterocycles. The lowest BCUT2D eigenvalue weighted by atomic mass is 10.1. The van der Waals surface area contributed by atoms with E-state index in [0.29, 0.717) is 17.0 Å². The Balaban J connectivity index is 2.37. The highest BCUT2D eigenvalue weighted by molar-refractivity contribution is 5.94. The van der Waals surface area contributed by atoms with E-state index in [0.717, 1.165) is 0 Å². The molecule has 0 saturated heterocycles. The van der Waals surface area contributed by atoms with E-state index in [4.69, 9.17) is 10.5 Å². The Bertz CT molecular complexity index is 659. The summed E-state index contributed by atoms with van der Waals surface area (Å²) in [6, 6.07) is 4.51. The molecule has 6 heteroatoms. The van der Waals surface area contributed by atoms with Crippen LogP contribution in [-0.2, 0) is 4.74 Å². The number of hydrogen-bond acceptors (Lipinski definition) is 5. The molecule has 0 amide bonds. The van der Waals surface area contributed by atoms with E-state index in [1.54, 1.807) is 26.0 Å². The molecule has 1 aromatic heterocycles. The zero-order valence-corrected chi connectivity index (χ0v) is 11.2. The van der Waals surface area contributed by atoms with Crippen LogP contribution in [0.25, 0.3) is 11.4 Å². The van der Waals surface area contributed by atoms with Crippen LogP contribution < -0.4 is 5.73 Å². The fourth-order valence-electron chi connectivity index (χ4n) is 1.68. The smallest absolute Gasteiger partial charge is 0.343 e. The Morgan fingerprint density at radius 1 is 1.45 bits per heavy atom. The topological polar surface area (TPSA) is 78.1 Å². The van der Waals surface area contributed by atoms with Gasteiger partial charge in [-0.3, -0.25) is 0 Å². The predicted molar refractivity (Wildman–Crippen MR) is 72.5 cm³/mol. The normalized spacial score (nSPS) is 10.3. The Hall–Kier alpha value is -2.50. The SMILES string of the molecule is CCOC(=O)c1cnc(-c2ccc(F)c(C)c2)nc1N. The molecule has 0 unspecified atom stereocenters. The average molecular weight is 275 g/mol. The van der Waals surface area contributed by atoms with E-state index >= 15 is 0 Å². The van der Waals surface area contributed by atoms with Crippen molar-refractivity contribution in [3.8, 4) is 11.4 Å². The monoisotopic (exact) mass is 275 g/mol. The molecule has 0 atom stereocenters. The molecule has 5 nitrogen and oxygen atoms in total. The van der Waals surface area contributed by atoms with Crippen LogP contribution in [0.1, 0.15) is 22.8 Å². The van der Waals surface area contributed by atoms with Crippen molar-refractivity contribution in [3.05, 3.63) is 41.3 Å². The molecule has 0 bridgehead atoms. The van der Waals surface area contributed by atoms with E-state index in [2.05, 4.69) is 9.97 Å². The number of hydrogen-bond donors (Lipinski definition) is 1. The van der Waals surface area contributed by atoms with Crippen LogP contribution in [-0.4, -0.2) is 22.5 Å². The summed E-state index contributed by atoms with van der Waals surface area (Å²) in [5, 5.41) is 0. The number of benzene rings is 1. The summed E-state index contributed by atoms with van der Waals surface area (Å²) in [6.07, 6.45) is 1.31. The summed E-state index contributed by atoms with van der Waals surface area (Å²) >= 11 is 0. The van der Waals surface area contributed by atoms with Gasteiger partial charge < -0.3 is 10.5 Å². The Morgan fingerprint density at radius 2 is 2.20 bits per heavy atom. The van der Waals surface area contributed by atoms with Gasteiger partial charge in [-0.2, -0.15) is 0 Å². The number of nitrogens with two attached hydrogens (primary N) is 1. The van der Waals surface area contributed by atoms with E-state index < -0.39 is 5.97 Å². The first-order valence-electron chi connectivity index (χ1n) is 6.09. The minimum Gasteiger partial charge on any atom is -0.462 e. The van der Waals surface area contributed by atoms with Crippen molar-refractivity contribution >= 4 is 11.8 Å². The summed E-state index contributed by atoms with van der Waals surface area (Å²) in [7, 11) is 0. The van der Waals surface area contributed by atoms with E-state index in [1.807, 2.05) is 0 Å². The van der Waals surface area contributed by atoms with Crippen LogP contribution in [0.5, 0.6) is 0 Å². The molecular weight excluding hydrogens is 261 g/mol. The number of aryl methyl sites for hydroxylation is 1. The molecule has 20 heavy (non-hydrogen) atoms. The molecule has 2 N–H and O–H groups in total. The fourth-order valence-corrected chi connectivity index (χ4v) is 1.68. The standard InChI is InChI=1S/C14H14FN3O2/c1-3-20-14(19)10-7-17-13(18-12(10)16)9-4-5-11(15)8(2)6-9/h4-7H,3H2,1-2H3,(H2,16,17,18). The lowest BCUT2D eigenvalue weighted by Crippen LogP contribution is -2.10. The fraction of sp³-hybridized carbons (Fsp3) is 0.214. The van der Waals surface area contributed by atoms with E-state index in [1.165, 1.54) is 12.3 Å². The summed E-state index contributed by atoms with van der Waals surface area (Å²) in [5.41, 5.74) is 6.97. The van der Waals surface area contributed by atoms with Crippen LogP contribution >= 0.6 is 0 Å². The minimum atomic E-state index is -0.563. The average Bonchev–Trinajstić information content (AvgIpc) is 2.42. The lowest BCUT2D eigenvalue weighted by molar-refractivity contribution is 0.0527. The third-order valence-corrected chi connectivity index (χ3v) is 2.73. The third-order valence-electron chi connectivity index (χ3n) is 2.73. The van der Waals surface area contributed by atoms with Gasteiger partial charge in [0.2, 0.25) is 0 Å². The Kier molecular flexibility index (Phi) is 3.93. The zero-order valence-electron chi connectivity index (χ0n) is 11.2. The van der Waals surface area contributed by atoms with Gasteiger partial charge in [0.25, 0.3) is 0 Å². The molecule has 0 aliphatic heterocycles. The molecule has 0 radical (unpaired) electrons. The molecule has 0 aliphatic rings. The number of halogens is 1. The van der Waals surface area contributed by atoms with Gasteiger partial charge in [0.1, 0.15) is 17.2 Å². The van der Waals surface area contributed by atoms with Gasteiger partial charge in [0.15, 0.2) is 5.82 Å². The summed E-state index contributed by atoms with van der Waals surface area (Å²) in [6.45, 7) is 3.59. The van der Waals surface area contributed by atoms with Gasteiger partial charge in [-0.25, -0.2) is 19.2 Å². The Labute approximate surface area is 115 Å². The van der Waals surface area contributed by atoms with Crippen molar-refractivity contribution in [1.82, 2.24) is 9.97 Å². The predicted octanol–water partition coefficient (Wildman–Crippen LogP) is 2.35. The van der Waals surface area contributed by atoms with Crippen molar-refractivity contribution in [1.29, 1.82) is 0 Å². The second-order valence-electron chi connectivity index (χ2n) is 4.18. The molecule has 1 aromatic carbocycles. The van der Waals surface area contributed by atoms with Gasteiger partial charge in [-0.05, 0) is 37.6 Å². The lowest BCUT2D eigenvalue weighted by Gasteiger charge is -2.07. The minimum absolute atomic E-state index is 0.0374. The third kappa shape index (κ3) is 2.74. The highest BCUT2D eigenvalue weighted by Gasteiger charge is 2.14. The van der Waals surface area contributed by atoms with Crippen molar-refractivity contribution < 1.29 is 13.9 Å². The van der Waals surface area contributed by atoms with Crippen LogP contribution in [0.15, 0.2) is 24.4 Å². The number of rotatable bonds is 3. The van der Waals surface area contributed by atoms with Gasteiger partial charge in [-0.15, -0.1) is 0 Å². The number of esters is 1. The molecular formula is C14H14FN3O2. The van der Waals surface area contributed by atoms with Crippen LogP contribution in [0.3, 0.4) is 0 Å². The maximum Gasteiger partial charge on any atom is 0.343 e. The number of carbonyl (C=O) groups is 1. The molecule has 0 fully saturated rings. The van der Waals surface area contributed by atoms with Crippen LogP contribution in [0.4, 0.5) is 10.2 Å². The maximum atomic E-state index is 13.2. The number of ether oxygens (including phenoxy) is 1. The van der Waals surface area contributed by atoms with Gasteiger partial charge in [0, 0.05) is 11.8 Å². The maximum absolute atomic E-state index is 13.2. The molecule has 2 rings (SSSR count). The zero-order chi connectivity index (χ0) is 14.7. The first kappa shape index (κ1) is 13.9. The van der Waals surface area contributed by atoms with Crippen molar-refractivity contribution in [2.45, 2.75) is 13.8 Å². The summed E-state index contributed by atoms with van der Waals surface area (Å²) < 4.78 is 18.1. The summed E-state index contributed by atoms with van der Waals surface area (Å²) in [5.74, 6) is -0.495. The van der Waals surface area contributed by atoms with E-state index in [-0.39, 0.29) is 23.8 Å². The van der Waals surface area contributed by atoms with Gasteiger partial charge in [-0.1, -0.05) is 0 Å². The quantitative estimate of drug-likeness (QED) is 0.870. The number of aromatic nitrogens is 2. The van der Waals surface area contributed by atoms with Crippen molar-refractivity contribution in [2.24, 2.45) is 0 Å². The molecule has 0 saturated carbocycles. The molecule has 0 aliphatic carbocycles. The highest BCUT2D eigenvalue weighted by Crippen LogP contribution is 2.20. The van der Waals surface area contributed by atoms with Crippen molar-refractivity contribution in [2.75, 3.05) is 12.3 Å². The number of carbonyl (C=O) groups excluding carboxylic acids is 1. The van der Waals surface area contributed by atoms with Gasteiger partial charge >= 0.3 is 5.97 Å². The second-order valence-corrected chi connectivity index (χ2v) is 4.18.